The molecule has 3 N–H and O–H groups in total. The van der Waals surface area contributed by atoms with Crippen LogP contribution in [0.3, 0.4) is 0 Å². The summed E-state index contributed by atoms with van der Waals surface area (Å²) in [4.78, 5) is 6.11. The molecular weight excluding hydrogens is 364 g/mol. The lowest BCUT2D eigenvalue weighted by atomic mass is 10.5. The van der Waals surface area contributed by atoms with E-state index in [1.165, 1.54) is 12.3 Å². The highest BCUT2D eigenvalue weighted by molar-refractivity contribution is 9.10. The van der Waals surface area contributed by atoms with Gasteiger partial charge in [-0.3, -0.25) is 0 Å². The second kappa shape index (κ2) is 7.08. The Morgan fingerprint density at radius 1 is 1.45 bits per heavy atom. The fourth-order valence-electron chi connectivity index (χ4n) is 1.89. The van der Waals surface area contributed by atoms with Gasteiger partial charge in [0.15, 0.2) is 0 Å². The molecule has 0 saturated carbocycles. The van der Waals surface area contributed by atoms with Crippen LogP contribution < -0.4 is 10.5 Å². The fraction of sp³-hybridized carbons (Fsp3) is 0.545. The number of aromatic nitrogens is 1. The van der Waals surface area contributed by atoms with Crippen molar-refractivity contribution in [3.05, 3.63) is 16.7 Å². The zero-order chi connectivity index (χ0) is 14.6. The van der Waals surface area contributed by atoms with Gasteiger partial charge >= 0.3 is 0 Å². The van der Waals surface area contributed by atoms with E-state index in [0.717, 1.165) is 24.6 Å². The van der Waals surface area contributed by atoms with E-state index in [4.69, 9.17) is 5.73 Å². The van der Waals surface area contributed by atoms with Crippen molar-refractivity contribution < 1.29 is 8.42 Å². The SMILES string of the molecule is Nc1ncc(Br)cc1S(=O)(=O)NCCN1CCSCC1. The first-order valence-corrected chi connectivity index (χ1v) is 9.63. The maximum absolute atomic E-state index is 12.2. The van der Waals surface area contributed by atoms with Gasteiger partial charge in [0.1, 0.15) is 10.7 Å². The van der Waals surface area contributed by atoms with Crippen LogP contribution in [0.15, 0.2) is 21.6 Å². The highest BCUT2D eigenvalue weighted by Gasteiger charge is 2.19. The largest absolute Gasteiger partial charge is 0.383 e. The van der Waals surface area contributed by atoms with Crippen molar-refractivity contribution >= 4 is 43.5 Å². The van der Waals surface area contributed by atoms with Crippen LogP contribution in [0.25, 0.3) is 0 Å². The van der Waals surface area contributed by atoms with Crippen molar-refractivity contribution in [3.63, 3.8) is 0 Å². The van der Waals surface area contributed by atoms with E-state index in [1.807, 2.05) is 11.8 Å². The first kappa shape index (κ1) is 16.0. The third-order valence-corrected chi connectivity index (χ3v) is 5.83. The summed E-state index contributed by atoms with van der Waals surface area (Å²) in [5, 5.41) is 0. The standard InChI is InChI=1S/C11H17BrN4O2S2/c12-9-7-10(11(13)14-8-9)20(17,18)15-1-2-16-3-5-19-6-4-16/h7-8,15H,1-6H2,(H2,13,14). The number of rotatable bonds is 5. The Kier molecular flexibility index (Phi) is 5.67. The minimum absolute atomic E-state index is 0.00933. The minimum Gasteiger partial charge on any atom is -0.383 e. The van der Waals surface area contributed by atoms with E-state index in [2.05, 4.69) is 30.5 Å². The summed E-state index contributed by atoms with van der Waals surface area (Å²) in [6, 6.07) is 1.46. The summed E-state index contributed by atoms with van der Waals surface area (Å²) in [6.07, 6.45) is 1.47. The van der Waals surface area contributed by atoms with Gasteiger partial charge in [-0.15, -0.1) is 0 Å². The second-order valence-electron chi connectivity index (χ2n) is 4.39. The summed E-state index contributed by atoms with van der Waals surface area (Å²) < 4.78 is 27.5. The van der Waals surface area contributed by atoms with Crippen molar-refractivity contribution in [2.75, 3.05) is 43.4 Å². The van der Waals surface area contributed by atoms with Crippen LogP contribution in [-0.2, 0) is 10.0 Å². The number of hydrogen-bond acceptors (Lipinski definition) is 6. The molecule has 0 aromatic carbocycles. The number of nitrogens with one attached hydrogen (secondary N) is 1. The summed E-state index contributed by atoms with van der Waals surface area (Å²) in [5.41, 5.74) is 5.63. The molecule has 1 aliphatic rings. The van der Waals surface area contributed by atoms with Gasteiger partial charge < -0.3 is 10.6 Å². The molecule has 9 heteroatoms. The Morgan fingerprint density at radius 2 is 2.15 bits per heavy atom. The van der Waals surface area contributed by atoms with E-state index in [1.54, 1.807) is 0 Å². The second-order valence-corrected chi connectivity index (χ2v) is 8.26. The maximum atomic E-state index is 12.2. The molecule has 6 nitrogen and oxygen atoms in total. The third-order valence-electron chi connectivity index (χ3n) is 2.96. The van der Waals surface area contributed by atoms with Gasteiger partial charge in [0, 0.05) is 48.4 Å². The van der Waals surface area contributed by atoms with Crippen LogP contribution in [0.1, 0.15) is 0 Å². The van der Waals surface area contributed by atoms with Crippen LogP contribution in [0.2, 0.25) is 0 Å². The van der Waals surface area contributed by atoms with Crippen LogP contribution in [0, 0.1) is 0 Å². The highest BCUT2D eigenvalue weighted by atomic mass is 79.9. The van der Waals surface area contributed by atoms with Gasteiger partial charge in [-0.2, -0.15) is 11.8 Å². The lowest BCUT2D eigenvalue weighted by molar-refractivity contribution is 0.307. The van der Waals surface area contributed by atoms with Crippen LogP contribution in [-0.4, -0.2) is 56.0 Å². The molecule has 1 aromatic rings. The van der Waals surface area contributed by atoms with Crippen molar-refractivity contribution in [1.82, 2.24) is 14.6 Å². The van der Waals surface area contributed by atoms with Crippen molar-refractivity contribution in [1.29, 1.82) is 0 Å². The topological polar surface area (TPSA) is 88.3 Å². The average molecular weight is 381 g/mol. The van der Waals surface area contributed by atoms with Crippen LogP contribution in [0.5, 0.6) is 0 Å². The predicted octanol–water partition coefficient (Wildman–Crippen LogP) is 0.753. The van der Waals surface area contributed by atoms with Gasteiger partial charge in [0.05, 0.1) is 0 Å². The van der Waals surface area contributed by atoms with Crippen molar-refractivity contribution in [2.45, 2.75) is 4.90 Å². The number of hydrogen-bond donors (Lipinski definition) is 2. The smallest absolute Gasteiger partial charge is 0.244 e. The number of nitrogen functional groups attached to an aromatic ring is 1. The summed E-state index contributed by atoms with van der Waals surface area (Å²) in [6.45, 7) is 3.10. The predicted molar refractivity (Wildman–Crippen MR) is 85.3 cm³/mol. The highest BCUT2D eigenvalue weighted by Crippen LogP contribution is 2.20. The quantitative estimate of drug-likeness (QED) is 0.783. The molecule has 0 spiro atoms. The number of anilines is 1. The molecule has 0 radical (unpaired) electrons. The molecule has 1 fully saturated rings. The molecule has 1 aliphatic heterocycles. The van der Waals surface area contributed by atoms with E-state index in [-0.39, 0.29) is 10.7 Å². The van der Waals surface area contributed by atoms with E-state index in [0.29, 0.717) is 17.6 Å². The van der Waals surface area contributed by atoms with Crippen LogP contribution in [0.4, 0.5) is 5.82 Å². The van der Waals surface area contributed by atoms with E-state index < -0.39 is 10.0 Å². The maximum Gasteiger partial charge on any atom is 0.244 e. The van der Waals surface area contributed by atoms with Gasteiger partial charge in [-0.05, 0) is 22.0 Å². The first-order valence-electron chi connectivity index (χ1n) is 6.20. The molecule has 0 aliphatic carbocycles. The van der Waals surface area contributed by atoms with Crippen molar-refractivity contribution in [2.24, 2.45) is 0 Å². The molecule has 20 heavy (non-hydrogen) atoms. The normalized spacial score (nSPS) is 17.2. The fourth-order valence-corrected chi connectivity index (χ4v) is 4.47. The Bertz CT molecular complexity index is 562. The molecule has 0 unspecified atom stereocenters. The summed E-state index contributed by atoms with van der Waals surface area (Å²) in [7, 11) is -3.61. The lowest BCUT2D eigenvalue weighted by Gasteiger charge is -2.26. The Balaban J connectivity index is 1.95. The Hall–Kier alpha value is -0.350. The zero-order valence-corrected chi connectivity index (χ0v) is 14.1. The van der Waals surface area contributed by atoms with E-state index >= 15 is 0 Å². The molecular formula is C11H17BrN4O2S2. The number of sulfonamides is 1. The van der Waals surface area contributed by atoms with Crippen LogP contribution >= 0.6 is 27.7 Å². The number of thioether (sulfide) groups is 1. The number of halogens is 1. The summed E-state index contributed by atoms with van der Waals surface area (Å²) in [5.74, 6) is 2.22. The van der Waals surface area contributed by atoms with Gasteiger partial charge in [0.2, 0.25) is 10.0 Å². The molecule has 2 heterocycles. The van der Waals surface area contributed by atoms with Gasteiger partial charge in [-0.1, -0.05) is 0 Å². The van der Waals surface area contributed by atoms with Crippen molar-refractivity contribution in [3.8, 4) is 0 Å². The Morgan fingerprint density at radius 3 is 2.85 bits per heavy atom. The van der Waals surface area contributed by atoms with Gasteiger partial charge in [-0.25, -0.2) is 18.1 Å². The zero-order valence-electron chi connectivity index (χ0n) is 10.9. The first-order chi connectivity index (χ1) is 9.49. The third kappa shape index (κ3) is 4.32. The summed E-state index contributed by atoms with van der Waals surface area (Å²) >= 11 is 5.13. The molecule has 1 saturated heterocycles. The average Bonchev–Trinajstić information content (AvgIpc) is 2.42. The molecule has 1 aromatic heterocycles. The number of pyridine rings is 1. The molecule has 0 amide bonds. The lowest BCUT2D eigenvalue weighted by Crippen LogP contribution is -2.39. The molecule has 0 atom stereocenters. The van der Waals surface area contributed by atoms with E-state index in [9.17, 15) is 8.42 Å². The Labute approximate surface area is 131 Å². The van der Waals surface area contributed by atoms with Gasteiger partial charge in [0.25, 0.3) is 0 Å². The monoisotopic (exact) mass is 380 g/mol. The minimum atomic E-state index is -3.61. The molecule has 2 rings (SSSR count). The number of nitrogens with zero attached hydrogens (tertiary/aromatic N) is 2. The molecule has 0 bridgehead atoms. The molecule has 112 valence electrons. The number of nitrogens with two attached hydrogens (primary N) is 1.